The van der Waals surface area contributed by atoms with E-state index < -0.39 is 0 Å². The molecule has 1 atom stereocenters. The van der Waals surface area contributed by atoms with Crippen molar-refractivity contribution in [2.45, 2.75) is 40.2 Å². The van der Waals surface area contributed by atoms with Gasteiger partial charge >= 0.3 is 0 Å². The molecule has 0 heterocycles. The lowest BCUT2D eigenvalue weighted by atomic mass is 10.0. The zero-order chi connectivity index (χ0) is 10.6. The molecule has 0 aliphatic heterocycles. The van der Waals surface area contributed by atoms with Crippen molar-refractivity contribution in [3.63, 3.8) is 0 Å². The van der Waals surface area contributed by atoms with Gasteiger partial charge in [0.15, 0.2) is 0 Å². The van der Waals surface area contributed by atoms with Gasteiger partial charge in [-0.3, -0.25) is 0 Å². The molecule has 1 heteroatoms. The van der Waals surface area contributed by atoms with Gasteiger partial charge in [0.2, 0.25) is 0 Å². The van der Waals surface area contributed by atoms with Crippen LogP contribution in [0, 0.1) is 13.8 Å². The predicted octanol–water partition coefficient (Wildman–Crippen LogP) is 3.36. The Morgan fingerprint density at radius 3 is 2.21 bits per heavy atom. The minimum atomic E-state index is 0.466. The maximum absolute atomic E-state index is 3.50. The van der Waals surface area contributed by atoms with Crippen molar-refractivity contribution in [1.82, 2.24) is 5.32 Å². The summed E-state index contributed by atoms with van der Waals surface area (Å²) < 4.78 is 0. The molecule has 0 spiro atoms. The van der Waals surface area contributed by atoms with Crippen LogP contribution in [0.1, 0.15) is 43.0 Å². The first-order chi connectivity index (χ1) is 6.63. The highest BCUT2D eigenvalue weighted by atomic mass is 14.9. The first-order valence-corrected chi connectivity index (χ1v) is 5.45. The van der Waals surface area contributed by atoms with E-state index >= 15 is 0 Å². The van der Waals surface area contributed by atoms with E-state index in [0.29, 0.717) is 6.04 Å². The monoisotopic (exact) mass is 191 g/mol. The van der Waals surface area contributed by atoms with Crippen LogP contribution in [0.5, 0.6) is 0 Å². The van der Waals surface area contributed by atoms with E-state index in [1.165, 1.54) is 23.1 Å². The summed E-state index contributed by atoms with van der Waals surface area (Å²) in [4.78, 5) is 0. The number of hydrogen-bond acceptors (Lipinski definition) is 1. The highest BCUT2D eigenvalue weighted by Crippen LogP contribution is 2.16. The third kappa shape index (κ3) is 3.15. The first kappa shape index (κ1) is 11.3. The van der Waals surface area contributed by atoms with Gasteiger partial charge < -0.3 is 5.32 Å². The predicted molar refractivity (Wildman–Crippen MR) is 62.6 cm³/mol. The van der Waals surface area contributed by atoms with Gasteiger partial charge in [0.25, 0.3) is 0 Å². The highest BCUT2D eigenvalue weighted by molar-refractivity contribution is 5.30. The molecular formula is C13H21N. The summed E-state index contributed by atoms with van der Waals surface area (Å²) in [5.41, 5.74) is 4.10. The topological polar surface area (TPSA) is 12.0 Å². The summed E-state index contributed by atoms with van der Waals surface area (Å²) in [6, 6.07) is 7.21. The number of rotatable bonds is 4. The van der Waals surface area contributed by atoms with Crippen molar-refractivity contribution < 1.29 is 0 Å². The number of benzene rings is 1. The molecule has 0 aliphatic rings. The molecule has 0 saturated heterocycles. The molecule has 1 N–H and O–H groups in total. The minimum Gasteiger partial charge on any atom is -0.310 e. The Bertz CT molecular complexity index is 271. The van der Waals surface area contributed by atoms with Crippen molar-refractivity contribution in [2.24, 2.45) is 0 Å². The number of hydrogen-bond donors (Lipinski definition) is 1. The molecule has 1 rings (SSSR count). The number of aryl methyl sites for hydroxylation is 2. The Morgan fingerprint density at radius 2 is 1.71 bits per heavy atom. The molecule has 0 unspecified atom stereocenters. The van der Waals surface area contributed by atoms with Gasteiger partial charge in [-0.1, -0.05) is 36.2 Å². The van der Waals surface area contributed by atoms with Crippen molar-refractivity contribution in [2.75, 3.05) is 6.54 Å². The summed E-state index contributed by atoms with van der Waals surface area (Å²) in [6.07, 6.45) is 1.19. The van der Waals surface area contributed by atoms with Crippen LogP contribution >= 0.6 is 0 Å². The molecule has 78 valence electrons. The number of nitrogens with one attached hydrogen (secondary N) is 1. The molecule has 0 fully saturated rings. The third-order valence-electron chi connectivity index (χ3n) is 2.44. The smallest absolute Gasteiger partial charge is 0.0291 e. The summed E-state index contributed by atoms with van der Waals surface area (Å²) in [5.74, 6) is 0. The normalized spacial score (nSPS) is 12.9. The largest absolute Gasteiger partial charge is 0.310 e. The fourth-order valence-corrected chi connectivity index (χ4v) is 1.74. The van der Waals surface area contributed by atoms with E-state index in [9.17, 15) is 0 Å². The van der Waals surface area contributed by atoms with Crippen molar-refractivity contribution >= 4 is 0 Å². The Balaban J connectivity index is 2.73. The molecule has 14 heavy (non-hydrogen) atoms. The lowest BCUT2D eigenvalue weighted by Gasteiger charge is -2.15. The van der Waals surface area contributed by atoms with Crippen LogP contribution in [-0.2, 0) is 0 Å². The molecule has 1 nitrogen and oxygen atoms in total. The van der Waals surface area contributed by atoms with E-state index in [-0.39, 0.29) is 0 Å². The SMILES string of the molecule is CCCN[C@H](C)c1cc(C)cc(C)c1. The second-order valence-electron chi connectivity index (χ2n) is 4.10. The van der Waals surface area contributed by atoms with E-state index in [1.54, 1.807) is 0 Å². The van der Waals surface area contributed by atoms with Crippen LogP contribution in [0.2, 0.25) is 0 Å². The van der Waals surface area contributed by atoms with Gasteiger partial charge in [-0.25, -0.2) is 0 Å². The molecule has 0 amide bonds. The second kappa shape index (κ2) is 5.16. The Labute approximate surface area is 87.5 Å². The maximum atomic E-state index is 3.50. The summed E-state index contributed by atoms with van der Waals surface area (Å²) >= 11 is 0. The summed E-state index contributed by atoms with van der Waals surface area (Å²) in [7, 11) is 0. The van der Waals surface area contributed by atoms with Crippen LogP contribution in [0.15, 0.2) is 18.2 Å². The Hall–Kier alpha value is -0.820. The first-order valence-electron chi connectivity index (χ1n) is 5.45. The molecular weight excluding hydrogens is 170 g/mol. The van der Waals surface area contributed by atoms with Gasteiger partial charge in [-0.05, 0) is 39.3 Å². The van der Waals surface area contributed by atoms with Crippen molar-refractivity contribution in [3.8, 4) is 0 Å². The fourth-order valence-electron chi connectivity index (χ4n) is 1.74. The molecule has 0 bridgehead atoms. The lowest BCUT2D eigenvalue weighted by Crippen LogP contribution is -2.19. The average molecular weight is 191 g/mol. The van der Waals surface area contributed by atoms with Gasteiger partial charge in [0.1, 0.15) is 0 Å². The lowest BCUT2D eigenvalue weighted by molar-refractivity contribution is 0.570. The van der Waals surface area contributed by atoms with E-state index in [2.05, 4.69) is 51.2 Å². The summed E-state index contributed by atoms with van der Waals surface area (Å²) in [5, 5.41) is 3.50. The van der Waals surface area contributed by atoms with Crippen LogP contribution < -0.4 is 5.32 Å². The fraction of sp³-hybridized carbons (Fsp3) is 0.538. The van der Waals surface area contributed by atoms with Gasteiger partial charge in [0.05, 0.1) is 0 Å². The maximum Gasteiger partial charge on any atom is 0.0291 e. The average Bonchev–Trinajstić information content (AvgIpc) is 2.12. The molecule has 0 saturated carbocycles. The van der Waals surface area contributed by atoms with E-state index in [1.807, 2.05) is 0 Å². The van der Waals surface area contributed by atoms with Gasteiger partial charge in [-0.2, -0.15) is 0 Å². The van der Waals surface area contributed by atoms with Crippen molar-refractivity contribution in [1.29, 1.82) is 0 Å². The molecule has 1 aromatic rings. The molecule has 0 radical (unpaired) electrons. The zero-order valence-corrected chi connectivity index (χ0v) is 9.72. The van der Waals surface area contributed by atoms with Crippen molar-refractivity contribution in [3.05, 3.63) is 34.9 Å². The molecule has 1 aromatic carbocycles. The minimum absolute atomic E-state index is 0.466. The zero-order valence-electron chi connectivity index (χ0n) is 9.72. The molecule has 0 aromatic heterocycles. The highest BCUT2D eigenvalue weighted by Gasteiger charge is 2.04. The van der Waals surface area contributed by atoms with Gasteiger partial charge in [-0.15, -0.1) is 0 Å². The van der Waals surface area contributed by atoms with Gasteiger partial charge in [0, 0.05) is 6.04 Å². The van der Waals surface area contributed by atoms with E-state index in [4.69, 9.17) is 0 Å². The van der Waals surface area contributed by atoms with E-state index in [0.717, 1.165) is 6.54 Å². The second-order valence-corrected chi connectivity index (χ2v) is 4.10. The van der Waals surface area contributed by atoms with Crippen LogP contribution in [0.25, 0.3) is 0 Å². The van der Waals surface area contributed by atoms with Crippen LogP contribution in [0.4, 0.5) is 0 Å². The standard InChI is InChI=1S/C13H21N/c1-5-6-14-12(4)13-8-10(2)7-11(3)9-13/h7-9,12,14H,5-6H2,1-4H3/t12-/m1/s1. The van der Waals surface area contributed by atoms with Crippen LogP contribution in [0.3, 0.4) is 0 Å². The third-order valence-corrected chi connectivity index (χ3v) is 2.44. The molecule has 0 aliphatic carbocycles. The Kier molecular flexibility index (Phi) is 4.15. The summed E-state index contributed by atoms with van der Waals surface area (Å²) in [6.45, 7) is 9.82. The quantitative estimate of drug-likeness (QED) is 0.769. The Morgan fingerprint density at radius 1 is 1.14 bits per heavy atom. The van der Waals surface area contributed by atoms with Crippen LogP contribution in [-0.4, -0.2) is 6.54 Å².